The van der Waals surface area contributed by atoms with E-state index < -0.39 is 24.9 Å². The van der Waals surface area contributed by atoms with Gasteiger partial charge in [0.2, 0.25) is 0 Å². The van der Waals surface area contributed by atoms with Gasteiger partial charge in [-0.15, -0.1) is 0 Å². The third-order valence-electron chi connectivity index (χ3n) is 2.60. The number of hydrogen-bond acceptors (Lipinski definition) is 0. The second-order valence-corrected chi connectivity index (χ2v) is 34.7. The van der Waals surface area contributed by atoms with Gasteiger partial charge in [-0.3, -0.25) is 0 Å². The molecule has 5 heteroatoms. The van der Waals surface area contributed by atoms with E-state index in [4.69, 9.17) is 0 Å². The largest absolute Gasteiger partial charge is 0.0997 e. The molecule has 0 unspecified atom stereocenters. The molecule has 0 N–H and O–H groups in total. The summed E-state index contributed by atoms with van der Waals surface area (Å²) in [6.07, 6.45) is 0. The molecule has 0 heterocycles. The van der Waals surface area contributed by atoms with E-state index in [9.17, 15) is 0 Å². The van der Waals surface area contributed by atoms with E-state index in [1.165, 1.54) is 10.4 Å². The molecule has 0 fully saturated rings. The lowest BCUT2D eigenvalue weighted by Crippen LogP contribution is -2.38. The van der Waals surface area contributed by atoms with Crippen LogP contribution in [0.5, 0.6) is 0 Å². The van der Waals surface area contributed by atoms with E-state index in [2.05, 4.69) is 159 Å². The maximum Gasteiger partial charge on any atom is 0.0997 e. The summed E-state index contributed by atoms with van der Waals surface area (Å²) in [4.78, 5) is 0. The Labute approximate surface area is 211 Å². The third-order valence-corrected chi connectivity index (χ3v) is 5.37. The molecule has 0 aliphatic carbocycles. The molecule has 2 rings (SSSR count). The van der Waals surface area contributed by atoms with Gasteiger partial charge >= 0.3 is 0 Å². The summed E-state index contributed by atoms with van der Waals surface area (Å²) in [5, 5.41) is 3.03. The summed E-state index contributed by atoms with van der Waals surface area (Å²) in [5.74, 6) is 0. The van der Waals surface area contributed by atoms with Crippen LogP contribution in [0.25, 0.3) is 0 Å². The lowest BCUT2D eigenvalue weighted by atomic mass is 10.4. The van der Waals surface area contributed by atoms with Crippen molar-refractivity contribution in [2.24, 2.45) is 0 Å². The minimum absolute atomic E-state index is 0.139. The smallest absolute Gasteiger partial charge is 0.0724 e. The van der Waals surface area contributed by atoms with Gasteiger partial charge in [-0.25, -0.2) is 0 Å². The molecule has 186 valence electrons. The van der Waals surface area contributed by atoms with Crippen LogP contribution >= 0.6 is 0 Å². The van der Waals surface area contributed by atoms with Gasteiger partial charge in [0, 0.05) is 33.7 Å². The molecule has 0 saturated heterocycles. The van der Waals surface area contributed by atoms with E-state index in [1.54, 1.807) is 0 Å². The second kappa shape index (κ2) is 19.9. The predicted molar refractivity (Wildman–Crippen MR) is 173 cm³/mol. The highest BCUT2D eigenvalue weighted by Crippen LogP contribution is 1.95. The van der Waals surface area contributed by atoms with Gasteiger partial charge in [0.25, 0.3) is 0 Å². The van der Waals surface area contributed by atoms with Crippen LogP contribution in [-0.2, 0) is 0 Å². The van der Waals surface area contributed by atoms with Crippen LogP contribution in [0.4, 0.5) is 0 Å². The van der Waals surface area contributed by atoms with E-state index >= 15 is 0 Å². The molecule has 0 aromatic heterocycles. The average Bonchev–Trinajstić information content (AvgIpc) is 2.59. The van der Waals surface area contributed by atoms with E-state index in [1.807, 2.05) is 0 Å². The van der Waals surface area contributed by atoms with Gasteiger partial charge < -0.3 is 0 Å². The molecule has 0 nitrogen and oxygen atoms in total. The Kier molecular flexibility index (Phi) is 22.5. The SMILES string of the molecule is C[SiH](C)C.C[SiH](C)C.C[SiH](c1ccccc1)c1ccccc1.C[Si](C)(C)C.C[Si](C)(C)C. The Morgan fingerprint density at radius 3 is 0.719 bits per heavy atom. The fourth-order valence-corrected chi connectivity index (χ4v) is 3.66. The Morgan fingerprint density at radius 2 is 0.562 bits per heavy atom. The van der Waals surface area contributed by atoms with Crippen LogP contribution in [0, 0.1) is 0 Å². The Morgan fingerprint density at radius 1 is 0.406 bits per heavy atom. The standard InChI is InChI=1S/C13H14Si.2C4H12Si.2C3H10Si/c1-14(12-8-4-2-5-9-12)13-10-6-3-7-11-13;2*1-5(2,3)4;2*1-4(2)3/h2-11,14H,1H3;2*1-4H3;2*4H,1-3H3. The highest BCUT2D eigenvalue weighted by Gasteiger charge is 2.08. The Hall–Kier alpha value is -0.476. The normalized spacial score (nSPS) is 10.6. The van der Waals surface area contributed by atoms with Gasteiger partial charge in [0.05, 0.1) is 8.80 Å². The molecule has 0 amide bonds. The zero-order valence-electron chi connectivity index (χ0n) is 24.5. The Balaban J connectivity index is -0.000000390. The van der Waals surface area contributed by atoms with Crippen molar-refractivity contribution in [2.45, 2.75) is 98.2 Å². The van der Waals surface area contributed by atoms with E-state index in [-0.39, 0.29) is 17.6 Å². The first-order chi connectivity index (χ1) is 14.3. The van der Waals surface area contributed by atoms with Gasteiger partial charge in [-0.1, -0.05) is 169 Å². The fourth-order valence-electron chi connectivity index (χ4n) is 1.68. The van der Waals surface area contributed by atoms with E-state index in [0.717, 1.165) is 0 Å². The van der Waals surface area contributed by atoms with Crippen LogP contribution in [0.3, 0.4) is 0 Å². The molecule has 2 aromatic carbocycles. The molecular weight excluding hydrogens is 465 g/mol. The minimum Gasteiger partial charge on any atom is -0.0724 e. The van der Waals surface area contributed by atoms with Gasteiger partial charge in [0.15, 0.2) is 0 Å². The van der Waals surface area contributed by atoms with Crippen LogP contribution in [0.15, 0.2) is 60.7 Å². The molecule has 2 aromatic rings. The number of rotatable bonds is 2. The maximum atomic E-state index is 2.38. The van der Waals surface area contributed by atoms with Crippen molar-refractivity contribution >= 4 is 52.9 Å². The average molecular weight is 523 g/mol. The van der Waals surface area contributed by atoms with Crippen molar-refractivity contribution in [3.05, 3.63) is 60.7 Å². The lowest BCUT2D eigenvalue weighted by molar-refractivity contribution is 1.71. The minimum atomic E-state index is -0.919. The van der Waals surface area contributed by atoms with Crippen molar-refractivity contribution < 1.29 is 0 Å². The first kappa shape index (κ1) is 36.1. The van der Waals surface area contributed by atoms with Gasteiger partial charge in [-0.05, 0) is 0 Å². The van der Waals surface area contributed by atoms with Crippen LogP contribution in [-0.4, -0.2) is 42.5 Å². The summed E-state index contributed by atoms with van der Waals surface area (Å²) in [5.41, 5.74) is 0. The second-order valence-electron chi connectivity index (χ2n) is 13.0. The first-order valence-electron chi connectivity index (χ1n) is 12.4. The molecule has 0 atom stereocenters. The first-order valence-corrected chi connectivity index (χ1v) is 29.7. The molecule has 32 heavy (non-hydrogen) atoms. The van der Waals surface area contributed by atoms with Gasteiger partial charge in [0.1, 0.15) is 0 Å². The number of hydrogen-bond donors (Lipinski definition) is 0. The fraction of sp³-hybridized carbons (Fsp3) is 0.556. The zero-order valence-corrected chi connectivity index (χ0v) is 30.0. The molecule has 0 aliphatic rings. The summed E-state index contributed by atoms with van der Waals surface area (Å²) in [7, 11) is -2.42. The summed E-state index contributed by atoms with van der Waals surface area (Å²) >= 11 is 0. The molecule has 0 radical (unpaired) electrons. The van der Waals surface area contributed by atoms with Crippen molar-refractivity contribution in [1.29, 1.82) is 0 Å². The molecule has 0 spiro atoms. The van der Waals surface area contributed by atoms with Gasteiger partial charge in [-0.2, -0.15) is 0 Å². The predicted octanol–water partition coefficient (Wildman–Crippen LogP) is 7.77. The highest BCUT2D eigenvalue weighted by atomic mass is 28.3. The summed E-state index contributed by atoms with van der Waals surface area (Å²) in [6.45, 7) is 34.8. The maximum absolute atomic E-state index is 2.38. The zero-order chi connectivity index (χ0) is 26.0. The monoisotopic (exact) mass is 522 g/mol. The van der Waals surface area contributed by atoms with Crippen molar-refractivity contribution in [2.75, 3.05) is 0 Å². The van der Waals surface area contributed by atoms with Crippen molar-refractivity contribution in [3.8, 4) is 0 Å². The Bertz CT molecular complexity index is 552. The molecule has 0 bridgehead atoms. The molecular formula is C27H58Si5. The quantitative estimate of drug-likeness (QED) is 0.353. The number of benzene rings is 2. The topological polar surface area (TPSA) is 0 Å². The van der Waals surface area contributed by atoms with Crippen molar-refractivity contribution in [3.63, 3.8) is 0 Å². The van der Waals surface area contributed by atoms with Crippen LogP contribution < -0.4 is 10.4 Å². The van der Waals surface area contributed by atoms with Crippen molar-refractivity contribution in [1.82, 2.24) is 0 Å². The lowest BCUT2D eigenvalue weighted by Gasteiger charge is -2.09. The van der Waals surface area contributed by atoms with Crippen LogP contribution in [0.2, 0.25) is 98.2 Å². The van der Waals surface area contributed by atoms with E-state index in [0.29, 0.717) is 0 Å². The summed E-state index contributed by atoms with van der Waals surface area (Å²) in [6, 6.07) is 21.6. The summed E-state index contributed by atoms with van der Waals surface area (Å²) < 4.78 is 0. The molecule has 0 saturated carbocycles. The highest BCUT2D eigenvalue weighted by molar-refractivity contribution is 6.84. The third kappa shape index (κ3) is 43.4. The molecule has 0 aliphatic heterocycles. The van der Waals surface area contributed by atoms with Crippen LogP contribution in [0.1, 0.15) is 0 Å².